The molecule has 170 valence electrons. The smallest absolute Gasteiger partial charge is 0.387 e. The van der Waals surface area contributed by atoms with E-state index in [0.29, 0.717) is 27.8 Å². The van der Waals surface area contributed by atoms with Gasteiger partial charge in [-0.25, -0.2) is 9.97 Å². The van der Waals surface area contributed by atoms with Crippen LogP contribution in [0.2, 0.25) is 5.02 Å². The predicted molar refractivity (Wildman–Crippen MR) is 119 cm³/mol. The molecule has 3 aromatic heterocycles. The zero-order valence-corrected chi connectivity index (χ0v) is 18.6. The summed E-state index contributed by atoms with van der Waals surface area (Å²) >= 11 is 6.19. The average molecular weight is 472 g/mol. The molecule has 0 saturated carbocycles. The average Bonchev–Trinajstić information content (AvgIpc) is 3.31. The third-order valence-corrected chi connectivity index (χ3v) is 6.19. The molecule has 9 heteroatoms. The van der Waals surface area contributed by atoms with Crippen LogP contribution in [0.4, 0.5) is 8.78 Å². The van der Waals surface area contributed by atoms with Gasteiger partial charge in [0, 0.05) is 46.1 Å². The highest BCUT2D eigenvalue weighted by molar-refractivity contribution is 6.30. The van der Waals surface area contributed by atoms with Crippen molar-refractivity contribution in [2.24, 2.45) is 0 Å². The topological polar surface area (TPSA) is 68.9 Å². The fourth-order valence-electron chi connectivity index (χ4n) is 4.49. The van der Waals surface area contributed by atoms with Crippen LogP contribution in [0.1, 0.15) is 41.0 Å². The van der Waals surface area contributed by atoms with Crippen molar-refractivity contribution in [2.45, 2.75) is 32.0 Å². The Morgan fingerprint density at radius 3 is 2.76 bits per heavy atom. The molecule has 33 heavy (non-hydrogen) atoms. The molecular weight excluding hydrogens is 452 g/mol. The van der Waals surface area contributed by atoms with Gasteiger partial charge < -0.3 is 19.0 Å². The Kier molecular flexibility index (Phi) is 5.42. The lowest BCUT2D eigenvalue weighted by Crippen LogP contribution is -2.08. The number of methoxy groups -OCH3 is 1. The maximum absolute atomic E-state index is 13.0. The van der Waals surface area contributed by atoms with Crippen molar-refractivity contribution in [3.05, 3.63) is 76.3 Å². The van der Waals surface area contributed by atoms with Crippen LogP contribution in [0.25, 0.3) is 16.8 Å². The molecule has 0 spiro atoms. The van der Waals surface area contributed by atoms with Crippen molar-refractivity contribution in [3.63, 3.8) is 0 Å². The number of pyridine rings is 2. The van der Waals surface area contributed by atoms with E-state index >= 15 is 0 Å². The fraction of sp³-hybridized carbons (Fsp3) is 0.250. The fourth-order valence-corrected chi connectivity index (χ4v) is 4.67. The van der Waals surface area contributed by atoms with E-state index < -0.39 is 18.6 Å². The zero-order valence-electron chi connectivity index (χ0n) is 17.8. The molecule has 3 heterocycles. The van der Waals surface area contributed by atoms with E-state index in [9.17, 15) is 13.9 Å². The number of ether oxygens (including phenoxy) is 2. The van der Waals surface area contributed by atoms with Gasteiger partial charge in [-0.3, -0.25) is 0 Å². The van der Waals surface area contributed by atoms with Gasteiger partial charge in [0.05, 0.1) is 24.6 Å². The second-order valence-corrected chi connectivity index (χ2v) is 8.37. The van der Waals surface area contributed by atoms with Crippen molar-refractivity contribution in [1.29, 1.82) is 0 Å². The summed E-state index contributed by atoms with van der Waals surface area (Å²) < 4.78 is 37.9. The van der Waals surface area contributed by atoms with Gasteiger partial charge in [-0.2, -0.15) is 8.78 Å². The summed E-state index contributed by atoms with van der Waals surface area (Å²) in [5.41, 5.74) is 5.16. The summed E-state index contributed by atoms with van der Waals surface area (Å²) in [5, 5.41) is 11.1. The van der Waals surface area contributed by atoms with Gasteiger partial charge in [-0.15, -0.1) is 0 Å². The maximum atomic E-state index is 13.0. The van der Waals surface area contributed by atoms with Gasteiger partial charge >= 0.3 is 6.61 Å². The first-order valence-corrected chi connectivity index (χ1v) is 10.7. The Balaban J connectivity index is 1.66. The summed E-state index contributed by atoms with van der Waals surface area (Å²) in [6.45, 7) is -1.01. The van der Waals surface area contributed by atoms with Crippen LogP contribution < -0.4 is 9.47 Å². The van der Waals surface area contributed by atoms with Crippen molar-refractivity contribution >= 4 is 17.2 Å². The number of aryl methyl sites for hydroxylation is 1. The highest BCUT2D eigenvalue weighted by atomic mass is 35.5. The van der Waals surface area contributed by atoms with Gasteiger partial charge in [0.15, 0.2) is 0 Å². The van der Waals surface area contributed by atoms with Gasteiger partial charge in [0.25, 0.3) is 0 Å². The van der Waals surface area contributed by atoms with E-state index in [1.165, 1.54) is 12.1 Å². The number of alkyl halides is 2. The SMILES string of the molecule is COc1cc(C)c(-c2ccc3nc4c(n3c2)C(c2cc(Cl)ccc2OC(F)F)CC4O)cn1. The molecule has 5 rings (SSSR count). The Hall–Kier alpha value is -3.23. The van der Waals surface area contributed by atoms with Gasteiger partial charge in [-0.1, -0.05) is 11.6 Å². The Morgan fingerprint density at radius 1 is 1.21 bits per heavy atom. The number of aliphatic hydroxyl groups excluding tert-OH is 1. The van der Waals surface area contributed by atoms with Crippen LogP contribution in [-0.2, 0) is 0 Å². The van der Waals surface area contributed by atoms with Crippen molar-refractivity contribution < 1.29 is 23.4 Å². The van der Waals surface area contributed by atoms with E-state index in [1.807, 2.05) is 35.7 Å². The molecule has 1 N–H and O–H groups in total. The molecule has 2 unspecified atom stereocenters. The first-order chi connectivity index (χ1) is 15.9. The number of fused-ring (bicyclic) bond motifs is 3. The maximum Gasteiger partial charge on any atom is 0.387 e. The second-order valence-electron chi connectivity index (χ2n) is 7.93. The standard InChI is InChI=1S/C24H20ClF2N3O3/c1-12-7-21(32-2)28-10-17(12)13-3-6-20-29-22-18(31)9-16(23(22)30(20)11-13)15-8-14(25)4-5-19(15)33-24(26)27/h3-8,10-11,16,18,24,31H,9H2,1-2H3. The summed E-state index contributed by atoms with van der Waals surface area (Å²) in [7, 11) is 1.57. The lowest BCUT2D eigenvalue weighted by atomic mass is 9.95. The number of nitrogens with zero attached hydrogens (tertiary/aromatic N) is 3. The lowest BCUT2D eigenvalue weighted by molar-refractivity contribution is -0.0506. The molecule has 2 atom stereocenters. The highest BCUT2D eigenvalue weighted by Crippen LogP contribution is 2.47. The molecule has 0 saturated heterocycles. The van der Waals surface area contributed by atoms with Crippen molar-refractivity contribution in [1.82, 2.24) is 14.4 Å². The van der Waals surface area contributed by atoms with Gasteiger partial charge in [0.1, 0.15) is 11.4 Å². The van der Waals surface area contributed by atoms with Crippen molar-refractivity contribution in [2.75, 3.05) is 7.11 Å². The van der Waals surface area contributed by atoms with Gasteiger partial charge in [0.2, 0.25) is 5.88 Å². The van der Waals surface area contributed by atoms with Gasteiger partial charge in [-0.05, 0) is 49.2 Å². The monoisotopic (exact) mass is 471 g/mol. The van der Waals surface area contributed by atoms with Crippen LogP contribution >= 0.6 is 11.6 Å². The molecule has 0 aliphatic heterocycles. The number of halogens is 3. The second kappa shape index (κ2) is 8.28. The molecule has 1 aromatic carbocycles. The Morgan fingerprint density at radius 2 is 2.03 bits per heavy atom. The molecule has 6 nitrogen and oxygen atoms in total. The van der Waals surface area contributed by atoms with Crippen LogP contribution in [0, 0.1) is 6.92 Å². The highest BCUT2D eigenvalue weighted by Gasteiger charge is 2.37. The van der Waals surface area contributed by atoms with E-state index in [0.717, 1.165) is 22.4 Å². The number of rotatable bonds is 5. The summed E-state index contributed by atoms with van der Waals surface area (Å²) in [4.78, 5) is 8.91. The molecular formula is C24H20ClF2N3O3. The molecule has 1 aliphatic carbocycles. The molecule has 0 radical (unpaired) electrons. The minimum absolute atomic E-state index is 0.0285. The first kappa shape index (κ1) is 21.6. The normalized spacial score (nSPS) is 17.5. The third kappa shape index (κ3) is 3.79. The predicted octanol–water partition coefficient (Wildman–Crippen LogP) is 5.54. The summed E-state index contributed by atoms with van der Waals surface area (Å²) in [5.74, 6) is 0.125. The minimum atomic E-state index is -2.98. The third-order valence-electron chi connectivity index (χ3n) is 5.96. The number of benzene rings is 1. The van der Waals surface area contributed by atoms with Crippen LogP contribution in [0.15, 0.2) is 48.8 Å². The van der Waals surface area contributed by atoms with E-state index in [4.69, 9.17) is 21.1 Å². The zero-order chi connectivity index (χ0) is 23.3. The minimum Gasteiger partial charge on any atom is -0.481 e. The molecule has 1 aliphatic rings. The molecule has 0 fully saturated rings. The van der Waals surface area contributed by atoms with Crippen LogP contribution in [0.3, 0.4) is 0 Å². The van der Waals surface area contributed by atoms with E-state index in [1.54, 1.807) is 19.4 Å². The number of hydrogen-bond acceptors (Lipinski definition) is 5. The molecule has 4 aromatic rings. The number of imidazole rings is 1. The van der Waals surface area contributed by atoms with Crippen molar-refractivity contribution in [3.8, 4) is 22.8 Å². The van der Waals surface area contributed by atoms with Crippen LogP contribution in [0.5, 0.6) is 11.6 Å². The van der Waals surface area contributed by atoms with E-state index in [2.05, 4.69) is 9.97 Å². The first-order valence-electron chi connectivity index (χ1n) is 10.3. The quantitative estimate of drug-likeness (QED) is 0.414. The number of aromatic nitrogens is 3. The molecule has 0 bridgehead atoms. The largest absolute Gasteiger partial charge is 0.481 e. The molecule has 0 amide bonds. The van der Waals surface area contributed by atoms with Crippen LogP contribution in [-0.4, -0.2) is 33.2 Å². The van der Waals surface area contributed by atoms with E-state index in [-0.39, 0.29) is 12.2 Å². The number of aliphatic hydroxyl groups is 1. The summed E-state index contributed by atoms with van der Waals surface area (Å²) in [6, 6.07) is 10.2. The lowest BCUT2D eigenvalue weighted by Gasteiger charge is -2.18. The number of hydrogen-bond donors (Lipinski definition) is 1. The Bertz CT molecular complexity index is 1360. The summed E-state index contributed by atoms with van der Waals surface area (Å²) in [6.07, 6.45) is 3.11. The Labute approximate surface area is 193 Å².